The van der Waals surface area contributed by atoms with Crippen LogP contribution in [-0.4, -0.2) is 0 Å². The Labute approximate surface area is 241 Å². The van der Waals surface area contributed by atoms with Crippen LogP contribution in [-0.2, 0) is 13.1 Å². The number of para-hydroxylation sites is 2. The van der Waals surface area contributed by atoms with Gasteiger partial charge in [-0.25, -0.2) is 0 Å². The van der Waals surface area contributed by atoms with Crippen LogP contribution in [0.25, 0.3) is 21.8 Å². The summed E-state index contributed by atoms with van der Waals surface area (Å²) in [6, 6.07) is 21.2. The van der Waals surface area contributed by atoms with E-state index in [1.807, 2.05) is 0 Å². The van der Waals surface area contributed by atoms with Gasteiger partial charge in [0, 0.05) is 51.0 Å². The third-order valence-corrected chi connectivity index (χ3v) is 7.11. The Balaban J connectivity index is 0.00000176. The molecule has 0 radical (unpaired) electrons. The fourth-order valence-corrected chi connectivity index (χ4v) is 5.24. The van der Waals surface area contributed by atoms with Crippen molar-refractivity contribution in [1.82, 2.24) is 0 Å². The third-order valence-electron chi connectivity index (χ3n) is 7.11. The first-order chi connectivity index (χ1) is 17.6. The van der Waals surface area contributed by atoms with E-state index in [0.29, 0.717) is 0 Å². The maximum Gasteiger partial charge on any atom is 0.214 e. The van der Waals surface area contributed by atoms with Crippen molar-refractivity contribution in [3.63, 3.8) is 0 Å². The minimum atomic E-state index is 0. The zero-order valence-corrected chi connectivity index (χ0v) is 24.6. The molecule has 0 unspecified atom stereocenters. The lowest BCUT2D eigenvalue weighted by molar-refractivity contribution is -0.678. The molecule has 0 bridgehead atoms. The topological polar surface area (TPSA) is 59.8 Å². The zero-order chi connectivity index (χ0) is 25.9. The normalized spacial score (nSPS) is 10.4. The number of fused-ring (bicyclic) bond motifs is 2. The molecule has 4 rings (SSSR count). The van der Waals surface area contributed by atoms with Crippen LogP contribution in [0.4, 0.5) is 11.4 Å². The largest absolute Gasteiger partial charge is 1.00 e. The average Bonchev–Trinajstić information content (AvgIpc) is 2.89. The van der Waals surface area contributed by atoms with Gasteiger partial charge in [0.2, 0.25) is 11.0 Å². The standard InChI is InChI=1S/C30H38N4.C2H4.2ClH/c1-23-21-27(31)25-15-9-11-17-29(25)33(23)19-13-7-5-3-4-6-8-14-20-34-24(2)22-28(32)26-16-10-12-18-30(26)34;1-2;;/h9-12,15-18,21-22,31-32H,3-8,13-14,19-20H2,1-2H3;1-2H2;2*1H. The zero-order valence-electron chi connectivity index (χ0n) is 23.1. The van der Waals surface area contributed by atoms with Gasteiger partial charge >= 0.3 is 0 Å². The molecule has 4 nitrogen and oxygen atoms in total. The summed E-state index contributed by atoms with van der Waals surface area (Å²) >= 11 is 0. The van der Waals surface area contributed by atoms with Gasteiger partial charge in [0.15, 0.2) is 11.4 Å². The minimum Gasteiger partial charge on any atom is -1.00 e. The first-order valence-electron chi connectivity index (χ1n) is 13.4. The Kier molecular flexibility index (Phi) is 14.8. The number of hydrogen-bond donors (Lipinski definition) is 2. The van der Waals surface area contributed by atoms with Gasteiger partial charge in [0.1, 0.15) is 13.1 Å². The van der Waals surface area contributed by atoms with Crippen LogP contribution in [0.5, 0.6) is 0 Å². The third kappa shape index (κ3) is 8.34. The van der Waals surface area contributed by atoms with Gasteiger partial charge in [-0.05, 0) is 25.0 Å². The molecule has 0 aliphatic rings. The van der Waals surface area contributed by atoms with Crippen LogP contribution >= 0.6 is 0 Å². The second kappa shape index (κ2) is 16.9. The molecular weight excluding hydrogens is 511 g/mol. The van der Waals surface area contributed by atoms with Gasteiger partial charge in [-0.2, -0.15) is 9.13 Å². The number of nitrogens with zero attached hydrogens (tertiary/aromatic N) is 2. The highest BCUT2D eigenvalue weighted by atomic mass is 35.5. The second-order valence-electron chi connectivity index (χ2n) is 9.65. The summed E-state index contributed by atoms with van der Waals surface area (Å²) in [5.74, 6) is 0. The van der Waals surface area contributed by atoms with Gasteiger partial charge in [-0.1, -0.05) is 49.9 Å². The number of aromatic nitrogens is 2. The number of rotatable bonds is 11. The fourth-order valence-electron chi connectivity index (χ4n) is 5.24. The Hall–Kier alpha value is -2.82. The number of hydrogen-bond acceptors (Lipinski definition) is 2. The molecule has 206 valence electrons. The van der Waals surface area contributed by atoms with Crippen molar-refractivity contribution in [3.05, 3.63) is 85.2 Å². The number of unbranched alkanes of at least 4 members (excludes halogenated alkanes) is 7. The lowest BCUT2D eigenvalue weighted by atomic mass is 10.1. The second-order valence-corrected chi connectivity index (χ2v) is 9.65. The predicted octanol–water partition coefficient (Wildman–Crippen LogP) is 0.980. The highest BCUT2D eigenvalue weighted by molar-refractivity contribution is 5.88. The lowest BCUT2D eigenvalue weighted by Gasteiger charge is -2.08. The molecule has 38 heavy (non-hydrogen) atoms. The van der Waals surface area contributed by atoms with Crippen LogP contribution < -0.4 is 45.4 Å². The van der Waals surface area contributed by atoms with E-state index in [1.54, 1.807) is 0 Å². The van der Waals surface area contributed by atoms with Crippen LogP contribution in [0.3, 0.4) is 0 Å². The molecule has 0 amide bonds. The van der Waals surface area contributed by atoms with Crippen LogP contribution in [0, 0.1) is 13.8 Å². The highest BCUT2D eigenvalue weighted by Gasteiger charge is 2.15. The summed E-state index contributed by atoms with van der Waals surface area (Å²) < 4.78 is 4.85. The van der Waals surface area contributed by atoms with E-state index in [9.17, 15) is 0 Å². The van der Waals surface area contributed by atoms with Crippen LogP contribution in [0.1, 0.15) is 62.8 Å². The molecule has 0 spiro atoms. The van der Waals surface area contributed by atoms with Gasteiger partial charge in [-0.15, -0.1) is 13.2 Å². The molecular formula is C32H44Cl2N4. The SMILES string of the molecule is C=C.Cc1cc(N)c2ccccc2[n+]1CCCCCCCCCC[n+]1c(C)cc(N)c2ccccc21.[Cl-].[Cl-]. The Bertz CT molecular complexity index is 1190. The van der Waals surface area contributed by atoms with Crippen molar-refractivity contribution < 1.29 is 33.9 Å². The van der Waals surface area contributed by atoms with Crippen molar-refractivity contribution in [2.45, 2.75) is 78.3 Å². The summed E-state index contributed by atoms with van der Waals surface area (Å²) in [5.41, 5.74) is 19.2. The van der Waals surface area contributed by atoms with Crippen molar-refractivity contribution in [2.75, 3.05) is 11.5 Å². The first-order valence-corrected chi connectivity index (χ1v) is 13.4. The molecule has 0 aliphatic carbocycles. The molecule has 2 heterocycles. The quantitative estimate of drug-likeness (QED) is 0.165. The smallest absolute Gasteiger partial charge is 0.214 e. The molecule has 0 saturated heterocycles. The van der Waals surface area contributed by atoms with E-state index in [0.717, 1.165) is 35.2 Å². The van der Waals surface area contributed by atoms with E-state index < -0.39 is 0 Å². The van der Waals surface area contributed by atoms with E-state index in [2.05, 4.69) is 96.8 Å². The highest BCUT2D eigenvalue weighted by Crippen LogP contribution is 2.20. The Morgan fingerprint density at radius 1 is 0.553 bits per heavy atom. The number of halogens is 2. The Morgan fingerprint density at radius 3 is 1.24 bits per heavy atom. The molecule has 4 N–H and O–H groups in total. The molecule has 0 saturated carbocycles. The van der Waals surface area contributed by atoms with Gasteiger partial charge in [-0.3, -0.25) is 0 Å². The van der Waals surface area contributed by atoms with Crippen molar-refractivity contribution in [1.29, 1.82) is 0 Å². The summed E-state index contributed by atoms with van der Waals surface area (Å²) in [4.78, 5) is 0. The number of aryl methyl sites for hydroxylation is 4. The monoisotopic (exact) mass is 554 g/mol. The summed E-state index contributed by atoms with van der Waals surface area (Å²) in [5, 5.41) is 2.32. The molecule has 0 fully saturated rings. The number of benzene rings is 2. The van der Waals surface area contributed by atoms with Crippen molar-refractivity contribution in [3.8, 4) is 0 Å². The minimum absolute atomic E-state index is 0. The average molecular weight is 556 g/mol. The fraction of sp³-hybridized carbons (Fsp3) is 0.375. The molecule has 6 heteroatoms. The van der Waals surface area contributed by atoms with E-state index in [1.165, 1.54) is 73.8 Å². The number of pyridine rings is 2. The summed E-state index contributed by atoms with van der Waals surface area (Å²) in [6.07, 6.45) is 10.3. The lowest BCUT2D eigenvalue weighted by Crippen LogP contribution is -3.00. The van der Waals surface area contributed by atoms with Crippen LogP contribution in [0.2, 0.25) is 0 Å². The molecule has 0 atom stereocenters. The summed E-state index contributed by atoms with van der Waals surface area (Å²) in [7, 11) is 0. The molecule has 2 aromatic heterocycles. The van der Waals surface area contributed by atoms with Gasteiger partial charge in [0.25, 0.3) is 0 Å². The van der Waals surface area contributed by atoms with E-state index >= 15 is 0 Å². The van der Waals surface area contributed by atoms with E-state index in [4.69, 9.17) is 11.5 Å². The van der Waals surface area contributed by atoms with Crippen LogP contribution in [0.15, 0.2) is 73.8 Å². The Morgan fingerprint density at radius 2 is 0.868 bits per heavy atom. The van der Waals surface area contributed by atoms with Crippen molar-refractivity contribution in [2.24, 2.45) is 0 Å². The summed E-state index contributed by atoms with van der Waals surface area (Å²) in [6.45, 7) is 12.5. The predicted molar refractivity (Wildman–Crippen MR) is 155 cm³/mol. The molecule has 2 aromatic carbocycles. The van der Waals surface area contributed by atoms with E-state index in [-0.39, 0.29) is 24.8 Å². The number of nitrogens with two attached hydrogens (primary N) is 2. The van der Waals surface area contributed by atoms with Gasteiger partial charge < -0.3 is 36.3 Å². The van der Waals surface area contributed by atoms with Crippen molar-refractivity contribution >= 4 is 33.2 Å². The number of anilines is 2. The first kappa shape index (κ1) is 33.2. The maximum atomic E-state index is 6.22. The molecule has 4 aromatic rings. The molecule has 0 aliphatic heterocycles. The number of nitrogen functional groups attached to an aromatic ring is 2. The maximum absolute atomic E-state index is 6.22. The van der Waals surface area contributed by atoms with Gasteiger partial charge in [0.05, 0.1) is 22.1 Å².